The number of nitrogens with one attached hydrogen (secondary N) is 1. The van der Waals surface area contributed by atoms with Crippen LogP contribution in [0.2, 0.25) is 10.0 Å². The van der Waals surface area contributed by atoms with E-state index in [1.165, 1.54) is 0 Å². The van der Waals surface area contributed by atoms with Crippen molar-refractivity contribution in [3.63, 3.8) is 0 Å². The summed E-state index contributed by atoms with van der Waals surface area (Å²) >= 11 is 12.7. The summed E-state index contributed by atoms with van der Waals surface area (Å²) in [5.74, 6) is 0. The van der Waals surface area contributed by atoms with Crippen molar-refractivity contribution in [3.8, 4) is 0 Å². The van der Waals surface area contributed by atoms with E-state index in [0.29, 0.717) is 16.7 Å². The van der Waals surface area contributed by atoms with Crippen LogP contribution in [-0.4, -0.2) is 32.1 Å². The Morgan fingerprint density at radius 2 is 1.92 bits per heavy atom. The van der Waals surface area contributed by atoms with Gasteiger partial charge in [0.25, 0.3) is 0 Å². The van der Waals surface area contributed by atoms with E-state index < -0.39 is 0 Å². The van der Waals surface area contributed by atoms with Crippen LogP contribution < -0.4 is 5.48 Å². The summed E-state index contributed by atoms with van der Waals surface area (Å²) in [6.07, 6.45) is 6.08. The Labute approximate surface area is 167 Å². The summed E-state index contributed by atoms with van der Waals surface area (Å²) in [6, 6.07) is 5.52. The van der Waals surface area contributed by atoms with Gasteiger partial charge in [0.15, 0.2) is 0 Å². The van der Waals surface area contributed by atoms with Crippen molar-refractivity contribution in [1.82, 2.24) is 10.4 Å². The van der Waals surface area contributed by atoms with E-state index in [0.717, 1.165) is 41.8 Å². The molecule has 0 unspecified atom stereocenters. The number of allylic oxidation sites excluding steroid dienone is 4. The molecular weight excluding hydrogens is 367 g/mol. The molecule has 0 heterocycles. The summed E-state index contributed by atoms with van der Waals surface area (Å²) < 4.78 is 0. The third kappa shape index (κ3) is 5.88. The van der Waals surface area contributed by atoms with Crippen molar-refractivity contribution in [2.75, 3.05) is 27.2 Å². The van der Waals surface area contributed by atoms with Gasteiger partial charge in [-0.05, 0) is 68.3 Å². The fraction of sp³-hybridized carbons (Fsp3) is 0.429. The maximum atomic E-state index is 6.36. The van der Waals surface area contributed by atoms with E-state index >= 15 is 0 Å². The number of hydrogen-bond donors (Lipinski definition) is 1. The molecule has 1 aromatic rings. The molecule has 0 spiro atoms. The zero-order valence-electron chi connectivity index (χ0n) is 16.0. The van der Waals surface area contributed by atoms with E-state index in [9.17, 15) is 0 Å². The van der Waals surface area contributed by atoms with Crippen LogP contribution in [0.4, 0.5) is 0 Å². The molecule has 0 bridgehead atoms. The first kappa shape index (κ1) is 21.0. The number of rotatable bonds is 8. The van der Waals surface area contributed by atoms with Gasteiger partial charge >= 0.3 is 0 Å². The van der Waals surface area contributed by atoms with Gasteiger partial charge in [-0.2, -0.15) is 0 Å². The second-order valence-corrected chi connectivity index (χ2v) is 8.43. The van der Waals surface area contributed by atoms with E-state index in [2.05, 4.69) is 57.1 Å². The molecule has 1 aliphatic carbocycles. The first-order chi connectivity index (χ1) is 12.2. The molecule has 0 saturated carbocycles. The number of hydrogen-bond acceptors (Lipinski definition) is 3. The summed E-state index contributed by atoms with van der Waals surface area (Å²) in [5, 5.41) is 1.23. The molecule has 1 aliphatic rings. The number of benzene rings is 1. The molecule has 2 rings (SSSR count). The van der Waals surface area contributed by atoms with Crippen LogP contribution in [0.3, 0.4) is 0 Å². The smallest absolute Gasteiger partial charge is 0.0758 e. The van der Waals surface area contributed by atoms with Gasteiger partial charge in [-0.25, -0.2) is 0 Å². The van der Waals surface area contributed by atoms with Crippen molar-refractivity contribution in [1.29, 1.82) is 0 Å². The van der Waals surface area contributed by atoms with Crippen LogP contribution in [-0.2, 0) is 4.84 Å². The SMILES string of the molecule is C=C(C1=CC(NOCCCN(C)C)=CC(C)(C)C1)c1c(Cl)cccc1Cl. The third-order valence-corrected chi connectivity index (χ3v) is 4.85. The Bertz CT molecular complexity index is 700. The molecule has 0 atom stereocenters. The van der Waals surface area contributed by atoms with Crippen LogP contribution >= 0.6 is 23.2 Å². The lowest BCUT2D eigenvalue weighted by Crippen LogP contribution is -2.23. The molecule has 3 nitrogen and oxygen atoms in total. The minimum atomic E-state index is -0.0178. The topological polar surface area (TPSA) is 24.5 Å². The van der Waals surface area contributed by atoms with Gasteiger partial charge in [-0.1, -0.05) is 55.8 Å². The molecule has 0 aliphatic heterocycles. The first-order valence-electron chi connectivity index (χ1n) is 8.79. The molecule has 142 valence electrons. The van der Waals surface area contributed by atoms with Crippen molar-refractivity contribution < 1.29 is 4.84 Å². The minimum absolute atomic E-state index is 0.0178. The second kappa shape index (κ2) is 9.09. The molecule has 1 aromatic carbocycles. The van der Waals surface area contributed by atoms with E-state index in [4.69, 9.17) is 28.0 Å². The Morgan fingerprint density at radius 3 is 2.54 bits per heavy atom. The van der Waals surface area contributed by atoms with Crippen LogP contribution in [0, 0.1) is 5.41 Å². The molecule has 1 N–H and O–H groups in total. The number of hydroxylamine groups is 1. The maximum Gasteiger partial charge on any atom is 0.0758 e. The highest BCUT2D eigenvalue weighted by Gasteiger charge is 2.25. The van der Waals surface area contributed by atoms with Gasteiger partial charge in [0.1, 0.15) is 0 Å². The van der Waals surface area contributed by atoms with E-state index in [1.54, 1.807) is 0 Å². The van der Waals surface area contributed by atoms with Crippen molar-refractivity contribution in [3.05, 3.63) is 63.8 Å². The molecule has 5 heteroatoms. The fourth-order valence-electron chi connectivity index (χ4n) is 3.03. The molecule has 0 aromatic heterocycles. The lowest BCUT2D eigenvalue weighted by molar-refractivity contribution is 0.0588. The Hall–Kier alpha value is -1.26. The van der Waals surface area contributed by atoms with Gasteiger partial charge in [-0.3, -0.25) is 10.3 Å². The third-order valence-electron chi connectivity index (χ3n) is 4.22. The largest absolute Gasteiger partial charge is 0.309 e. The Balaban J connectivity index is 2.12. The highest BCUT2D eigenvalue weighted by atomic mass is 35.5. The van der Waals surface area contributed by atoms with Crippen molar-refractivity contribution >= 4 is 28.8 Å². The fourth-order valence-corrected chi connectivity index (χ4v) is 3.66. The summed E-state index contributed by atoms with van der Waals surface area (Å²) in [6.45, 7) is 10.3. The highest BCUT2D eigenvalue weighted by Crippen LogP contribution is 2.41. The molecular formula is C21H28Cl2N2O. The number of halogens is 2. The summed E-state index contributed by atoms with van der Waals surface area (Å²) in [5.41, 5.74) is 6.75. The van der Waals surface area contributed by atoms with Gasteiger partial charge in [-0.15, -0.1) is 0 Å². The van der Waals surface area contributed by atoms with Gasteiger partial charge in [0.05, 0.1) is 12.3 Å². The second-order valence-electron chi connectivity index (χ2n) is 7.62. The molecule has 0 fully saturated rings. The summed E-state index contributed by atoms with van der Waals surface area (Å²) in [7, 11) is 4.11. The standard InChI is InChI=1S/C21H28Cl2N2O/c1-15(20-18(22)8-6-9-19(20)23)16-12-17(14-21(2,3)13-16)24-26-11-7-10-25(4)5/h6,8-9,12,14,24H,1,7,10-11,13H2,2-5H3. The van der Waals surface area contributed by atoms with Crippen LogP contribution in [0.25, 0.3) is 5.57 Å². The van der Waals surface area contributed by atoms with Crippen LogP contribution in [0.15, 0.2) is 48.2 Å². The van der Waals surface area contributed by atoms with E-state index in [-0.39, 0.29) is 5.41 Å². The zero-order chi connectivity index (χ0) is 19.3. The zero-order valence-corrected chi connectivity index (χ0v) is 17.5. The van der Waals surface area contributed by atoms with E-state index in [1.807, 2.05) is 18.2 Å². The molecule has 26 heavy (non-hydrogen) atoms. The van der Waals surface area contributed by atoms with Gasteiger partial charge < -0.3 is 4.90 Å². The molecule has 0 saturated heterocycles. The minimum Gasteiger partial charge on any atom is -0.309 e. The lowest BCUT2D eigenvalue weighted by Gasteiger charge is -2.29. The normalized spacial score (nSPS) is 16.3. The summed E-state index contributed by atoms with van der Waals surface area (Å²) in [4.78, 5) is 7.77. The van der Waals surface area contributed by atoms with Gasteiger partial charge in [0, 0.05) is 15.6 Å². The molecule has 0 amide bonds. The Kier molecular flexibility index (Phi) is 7.36. The van der Waals surface area contributed by atoms with Crippen LogP contribution in [0.5, 0.6) is 0 Å². The van der Waals surface area contributed by atoms with Crippen molar-refractivity contribution in [2.24, 2.45) is 5.41 Å². The lowest BCUT2D eigenvalue weighted by atomic mass is 9.78. The maximum absolute atomic E-state index is 6.36. The average molecular weight is 395 g/mol. The predicted molar refractivity (Wildman–Crippen MR) is 112 cm³/mol. The van der Waals surface area contributed by atoms with Gasteiger partial charge in [0.2, 0.25) is 0 Å². The molecule has 0 radical (unpaired) electrons. The Morgan fingerprint density at radius 1 is 1.27 bits per heavy atom. The highest BCUT2D eigenvalue weighted by molar-refractivity contribution is 6.37. The average Bonchev–Trinajstić information content (AvgIpc) is 2.52. The predicted octanol–water partition coefficient (Wildman–Crippen LogP) is 5.72. The number of nitrogens with zero attached hydrogens (tertiary/aromatic N) is 1. The quantitative estimate of drug-likeness (QED) is 0.450. The van der Waals surface area contributed by atoms with Crippen LogP contribution in [0.1, 0.15) is 32.3 Å². The first-order valence-corrected chi connectivity index (χ1v) is 9.55. The monoisotopic (exact) mass is 394 g/mol. The van der Waals surface area contributed by atoms with Crippen molar-refractivity contribution in [2.45, 2.75) is 26.7 Å².